The number of rotatable bonds is 8. The number of hydrogen-bond donors (Lipinski definition) is 2. The zero-order chi connectivity index (χ0) is 16.7. The molecular weight excluding hydrogens is 298 g/mol. The number of nitrogens with one attached hydrogen (secondary N) is 1. The summed E-state index contributed by atoms with van der Waals surface area (Å²) in [5.74, 6) is 0.362. The van der Waals surface area contributed by atoms with Crippen molar-refractivity contribution in [3.63, 3.8) is 0 Å². The molecule has 2 rings (SSSR count). The number of benzene rings is 1. The molecule has 1 amide bonds. The van der Waals surface area contributed by atoms with E-state index in [1.807, 2.05) is 30.3 Å². The van der Waals surface area contributed by atoms with Crippen LogP contribution in [-0.2, 0) is 11.3 Å². The number of carboxylic acid groups (broad SMARTS) is 1. The number of carbonyl (C=O) groups excluding carboxylic acids is 1. The number of hydrogen-bond acceptors (Lipinski definition) is 4. The highest BCUT2D eigenvalue weighted by molar-refractivity contribution is 5.88. The molecule has 6 heteroatoms. The standard InChI is InChI=1S/C17H19NO5/c1-12-15(17(20)21)10-14(23-12)11-18-16(19)8-5-9-22-13-6-3-2-4-7-13/h2-4,6-7,10H,5,8-9,11H2,1H3,(H,18,19)(H,20,21). The van der Waals surface area contributed by atoms with Crippen LogP contribution < -0.4 is 10.1 Å². The summed E-state index contributed by atoms with van der Waals surface area (Å²) in [4.78, 5) is 22.6. The lowest BCUT2D eigenvalue weighted by atomic mass is 10.2. The van der Waals surface area contributed by atoms with E-state index in [9.17, 15) is 9.59 Å². The van der Waals surface area contributed by atoms with Gasteiger partial charge in [0.2, 0.25) is 5.91 Å². The molecule has 0 aliphatic carbocycles. The van der Waals surface area contributed by atoms with E-state index < -0.39 is 5.97 Å². The van der Waals surface area contributed by atoms with E-state index in [-0.39, 0.29) is 18.0 Å². The lowest BCUT2D eigenvalue weighted by Crippen LogP contribution is -2.22. The van der Waals surface area contributed by atoms with E-state index in [0.29, 0.717) is 31.0 Å². The molecule has 6 nitrogen and oxygen atoms in total. The topological polar surface area (TPSA) is 88.8 Å². The Morgan fingerprint density at radius 3 is 2.65 bits per heavy atom. The maximum atomic E-state index is 11.7. The number of aryl methyl sites for hydroxylation is 1. The van der Waals surface area contributed by atoms with Crippen molar-refractivity contribution in [1.29, 1.82) is 0 Å². The smallest absolute Gasteiger partial charge is 0.339 e. The van der Waals surface area contributed by atoms with Crippen LogP contribution in [0.5, 0.6) is 5.75 Å². The van der Waals surface area contributed by atoms with Crippen LogP contribution in [0.4, 0.5) is 0 Å². The SMILES string of the molecule is Cc1oc(CNC(=O)CCCOc2ccccc2)cc1C(=O)O. The lowest BCUT2D eigenvalue weighted by Gasteiger charge is -2.06. The van der Waals surface area contributed by atoms with Gasteiger partial charge in [0.15, 0.2) is 0 Å². The Hall–Kier alpha value is -2.76. The zero-order valence-corrected chi connectivity index (χ0v) is 12.9. The van der Waals surface area contributed by atoms with E-state index in [1.54, 1.807) is 6.92 Å². The Balaban J connectivity index is 1.67. The maximum absolute atomic E-state index is 11.7. The molecule has 0 saturated carbocycles. The van der Waals surface area contributed by atoms with Crippen molar-refractivity contribution in [3.8, 4) is 5.75 Å². The lowest BCUT2D eigenvalue weighted by molar-refractivity contribution is -0.121. The molecule has 0 fully saturated rings. The van der Waals surface area contributed by atoms with Gasteiger partial charge in [-0.3, -0.25) is 4.79 Å². The van der Waals surface area contributed by atoms with E-state index in [2.05, 4.69) is 5.32 Å². The molecular formula is C17H19NO5. The summed E-state index contributed by atoms with van der Waals surface area (Å²) < 4.78 is 10.8. The minimum absolute atomic E-state index is 0.116. The van der Waals surface area contributed by atoms with Gasteiger partial charge in [0, 0.05) is 6.42 Å². The summed E-state index contributed by atoms with van der Waals surface area (Å²) in [6.07, 6.45) is 0.927. The second-order valence-electron chi connectivity index (χ2n) is 5.03. The molecule has 0 bridgehead atoms. The Morgan fingerprint density at radius 1 is 1.26 bits per heavy atom. The van der Waals surface area contributed by atoms with Crippen LogP contribution in [0.25, 0.3) is 0 Å². The molecule has 0 aliphatic rings. The van der Waals surface area contributed by atoms with Crippen LogP contribution in [0.1, 0.15) is 34.7 Å². The van der Waals surface area contributed by atoms with Gasteiger partial charge in [0.05, 0.1) is 13.2 Å². The average molecular weight is 317 g/mol. The van der Waals surface area contributed by atoms with Gasteiger partial charge in [-0.2, -0.15) is 0 Å². The summed E-state index contributed by atoms with van der Waals surface area (Å²) in [6, 6.07) is 10.8. The van der Waals surface area contributed by atoms with Crippen LogP contribution in [0.15, 0.2) is 40.8 Å². The van der Waals surface area contributed by atoms with Crippen LogP contribution >= 0.6 is 0 Å². The van der Waals surface area contributed by atoms with E-state index >= 15 is 0 Å². The number of carboxylic acids is 1. The molecule has 0 spiro atoms. The third-order valence-corrected chi connectivity index (χ3v) is 3.22. The van der Waals surface area contributed by atoms with Gasteiger partial charge in [0.1, 0.15) is 22.8 Å². The highest BCUT2D eigenvalue weighted by Crippen LogP contribution is 2.14. The van der Waals surface area contributed by atoms with Gasteiger partial charge in [-0.05, 0) is 31.5 Å². The Kier molecular flexibility index (Phi) is 5.80. The van der Waals surface area contributed by atoms with Crippen molar-refractivity contribution in [1.82, 2.24) is 5.32 Å². The zero-order valence-electron chi connectivity index (χ0n) is 12.9. The van der Waals surface area contributed by atoms with Gasteiger partial charge in [-0.15, -0.1) is 0 Å². The second-order valence-corrected chi connectivity index (χ2v) is 5.03. The van der Waals surface area contributed by atoms with Gasteiger partial charge < -0.3 is 19.6 Å². The quantitative estimate of drug-likeness (QED) is 0.731. The number of furan rings is 1. The summed E-state index contributed by atoms with van der Waals surface area (Å²) in [5, 5.41) is 11.6. The monoisotopic (exact) mass is 317 g/mol. The largest absolute Gasteiger partial charge is 0.494 e. The van der Waals surface area contributed by atoms with Crippen molar-refractivity contribution in [2.75, 3.05) is 6.61 Å². The third kappa shape index (κ3) is 5.18. The molecule has 122 valence electrons. The number of amides is 1. The van der Waals surface area contributed by atoms with Gasteiger partial charge in [-0.25, -0.2) is 4.79 Å². The Labute approximate surface area is 134 Å². The van der Waals surface area contributed by atoms with Crippen LogP contribution in [0.2, 0.25) is 0 Å². The molecule has 23 heavy (non-hydrogen) atoms. The first-order chi connectivity index (χ1) is 11.1. The van der Waals surface area contributed by atoms with Crippen LogP contribution in [-0.4, -0.2) is 23.6 Å². The molecule has 0 aliphatic heterocycles. The molecule has 1 aromatic heterocycles. The molecule has 0 saturated heterocycles. The first-order valence-electron chi connectivity index (χ1n) is 7.33. The predicted molar refractivity (Wildman–Crippen MR) is 83.4 cm³/mol. The van der Waals surface area contributed by atoms with Gasteiger partial charge in [-0.1, -0.05) is 18.2 Å². The third-order valence-electron chi connectivity index (χ3n) is 3.22. The summed E-state index contributed by atoms with van der Waals surface area (Å²) in [6.45, 7) is 2.21. The van der Waals surface area contributed by atoms with Crippen LogP contribution in [0, 0.1) is 6.92 Å². The maximum Gasteiger partial charge on any atom is 0.339 e. The van der Waals surface area contributed by atoms with Gasteiger partial charge >= 0.3 is 5.97 Å². The van der Waals surface area contributed by atoms with Crippen molar-refractivity contribution >= 4 is 11.9 Å². The summed E-state index contributed by atoms with van der Waals surface area (Å²) in [5.41, 5.74) is 0.116. The van der Waals surface area contributed by atoms with Crippen LogP contribution in [0.3, 0.4) is 0 Å². The van der Waals surface area contributed by atoms with E-state index in [0.717, 1.165) is 5.75 Å². The van der Waals surface area contributed by atoms with Gasteiger partial charge in [0.25, 0.3) is 0 Å². The first kappa shape index (κ1) is 16.6. The fraction of sp³-hybridized carbons (Fsp3) is 0.294. The summed E-state index contributed by atoms with van der Waals surface area (Å²) >= 11 is 0. The first-order valence-corrected chi connectivity index (χ1v) is 7.33. The van der Waals surface area contributed by atoms with E-state index in [1.165, 1.54) is 6.07 Å². The van der Waals surface area contributed by atoms with Crippen molar-refractivity contribution < 1.29 is 23.8 Å². The molecule has 0 atom stereocenters. The molecule has 0 radical (unpaired) electrons. The molecule has 2 N–H and O–H groups in total. The number of aromatic carboxylic acids is 1. The molecule has 0 unspecified atom stereocenters. The average Bonchev–Trinajstić information content (AvgIpc) is 2.92. The minimum atomic E-state index is -1.04. The molecule has 2 aromatic rings. The Bertz CT molecular complexity index is 663. The summed E-state index contributed by atoms with van der Waals surface area (Å²) in [7, 11) is 0. The Morgan fingerprint density at radius 2 is 2.00 bits per heavy atom. The fourth-order valence-corrected chi connectivity index (χ4v) is 2.06. The van der Waals surface area contributed by atoms with Crippen molar-refractivity contribution in [2.24, 2.45) is 0 Å². The second kappa shape index (κ2) is 8.03. The molecule has 1 heterocycles. The highest BCUT2D eigenvalue weighted by Gasteiger charge is 2.14. The van der Waals surface area contributed by atoms with Crippen molar-refractivity contribution in [2.45, 2.75) is 26.3 Å². The minimum Gasteiger partial charge on any atom is -0.494 e. The van der Waals surface area contributed by atoms with E-state index in [4.69, 9.17) is 14.3 Å². The normalized spacial score (nSPS) is 10.3. The fourth-order valence-electron chi connectivity index (χ4n) is 2.06. The number of para-hydroxylation sites is 1. The van der Waals surface area contributed by atoms with Crippen molar-refractivity contribution in [3.05, 3.63) is 53.5 Å². The molecule has 1 aromatic carbocycles. The highest BCUT2D eigenvalue weighted by atomic mass is 16.5. The predicted octanol–water partition coefficient (Wildman–Crippen LogP) is 2.76. The number of carbonyl (C=O) groups is 2. The number of ether oxygens (including phenoxy) is 1.